The molecule has 0 fully saturated rings. The number of rotatable bonds is 4. The SMILES string of the molecule is COc1cc(S(=O)(=O)NC2CCc3nn(C)c(=O)n3CC2)c(C)cc1C. The van der Waals surface area contributed by atoms with Gasteiger partial charge in [0.2, 0.25) is 10.0 Å². The quantitative estimate of drug-likeness (QED) is 0.850. The lowest BCUT2D eigenvalue weighted by molar-refractivity contribution is 0.410. The van der Waals surface area contributed by atoms with Crippen molar-refractivity contribution in [3.05, 3.63) is 39.6 Å². The first-order valence-corrected chi connectivity index (χ1v) is 10.0. The van der Waals surface area contributed by atoms with Crippen molar-refractivity contribution in [3.63, 3.8) is 0 Å². The number of aromatic nitrogens is 3. The van der Waals surface area contributed by atoms with Crippen LogP contribution < -0.4 is 15.1 Å². The Hall–Kier alpha value is -2.13. The zero-order valence-corrected chi connectivity index (χ0v) is 16.3. The molecule has 0 saturated carbocycles. The van der Waals surface area contributed by atoms with Crippen LogP contribution in [0.4, 0.5) is 0 Å². The van der Waals surface area contributed by atoms with E-state index in [-0.39, 0.29) is 16.6 Å². The number of methoxy groups -OCH3 is 1. The van der Waals surface area contributed by atoms with Gasteiger partial charge in [-0.05, 0) is 37.8 Å². The molecule has 0 amide bonds. The van der Waals surface area contributed by atoms with E-state index in [1.54, 1.807) is 30.7 Å². The highest BCUT2D eigenvalue weighted by molar-refractivity contribution is 7.89. The molecule has 0 aliphatic carbocycles. The Morgan fingerprint density at radius 3 is 2.65 bits per heavy atom. The summed E-state index contributed by atoms with van der Waals surface area (Å²) < 4.78 is 36.8. The number of sulfonamides is 1. The molecule has 1 aliphatic rings. The number of aryl methyl sites for hydroxylation is 4. The molecule has 1 unspecified atom stereocenters. The van der Waals surface area contributed by atoms with Crippen molar-refractivity contribution < 1.29 is 13.2 Å². The summed E-state index contributed by atoms with van der Waals surface area (Å²) in [5, 5.41) is 4.22. The number of hydrogen-bond donors (Lipinski definition) is 1. The molecule has 0 bridgehead atoms. The third-order valence-corrected chi connectivity index (χ3v) is 6.47. The molecular formula is C17H24N4O4S. The maximum Gasteiger partial charge on any atom is 0.345 e. The Labute approximate surface area is 152 Å². The molecule has 8 nitrogen and oxygen atoms in total. The third kappa shape index (κ3) is 3.41. The molecule has 9 heteroatoms. The largest absolute Gasteiger partial charge is 0.496 e. The number of fused-ring (bicyclic) bond motifs is 1. The smallest absolute Gasteiger partial charge is 0.345 e. The Morgan fingerprint density at radius 1 is 1.23 bits per heavy atom. The van der Waals surface area contributed by atoms with E-state index >= 15 is 0 Å². The van der Waals surface area contributed by atoms with Crippen molar-refractivity contribution in [2.45, 2.75) is 50.6 Å². The molecule has 1 aromatic carbocycles. The minimum absolute atomic E-state index is 0.164. The molecule has 142 valence electrons. The van der Waals surface area contributed by atoms with Gasteiger partial charge in [0.25, 0.3) is 0 Å². The molecule has 2 aromatic rings. The second kappa shape index (κ2) is 6.88. The summed E-state index contributed by atoms with van der Waals surface area (Å²) in [6.07, 6.45) is 1.69. The second-order valence-corrected chi connectivity index (χ2v) is 8.39. The van der Waals surface area contributed by atoms with Gasteiger partial charge in [0.1, 0.15) is 11.6 Å². The van der Waals surface area contributed by atoms with Crippen molar-refractivity contribution in [1.82, 2.24) is 19.1 Å². The summed E-state index contributed by atoms with van der Waals surface area (Å²) >= 11 is 0. The van der Waals surface area contributed by atoms with Gasteiger partial charge >= 0.3 is 5.69 Å². The lowest BCUT2D eigenvalue weighted by atomic mass is 10.1. The fraction of sp³-hybridized carbons (Fsp3) is 0.529. The van der Waals surface area contributed by atoms with Gasteiger partial charge in [-0.15, -0.1) is 0 Å². The summed E-state index contributed by atoms with van der Waals surface area (Å²) in [5.41, 5.74) is 1.40. The van der Waals surface area contributed by atoms with Crippen molar-refractivity contribution in [2.24, 2.45) is 7.05 Å². The minimum Gasteiger partial charge on any atom is -0.496 e. The van der Waals surface area contributed by atoms with Crippen LogP contribution in [0.1, 0.15) is 29.8 Å². The zero-order valence-electron chi connectivity index (χ0n) is 15.4. The van der Waals surface area contributed by atoms with Gasteiger partial charge in [0.05, 0.1) is 12.0 Å². The van der Waals surface area contributed by atoms with Gasteiger partial charge in [-0.25, -0.2) is 22.6 Å². The Balaban J connectivity index is 1.82. The maximum absolute atomic E-state index is 12.9. The third-order valence-electron chi connectivity index (χ3n) is 4.81. The Kier molecular flexibility index (Phi) is 4.94. The summed E-state index contributed by atoms with van der Waals surface area (Å²) in [4.78, 5) is 12.3. The number of nitrogens with zero attached hydrogens (tertiary/aromatic N) is 3. The van der Waals surface area contributed by atoms with Crippen molar-refractivity contribution >= 4 is 10.0 Å². The van der Waals surface area contributed by atoms with E-state index < -0.39 is 10.0 Å². The van der Waals surface area contributed by atoms with Crippen LogP contribution in [0.15, 0.2) is 21.8 Å². The van der Waals surface area contributed by atoms with Crippen molar-refractivity contribution in [1.29, 1.82) is 0 Å². The number of benzene rings is 1. The van der Waals surface area contributed by atoms with Gasteiger partial charge in [0.15, 0.2) is 0 Å². The van der Waals surface area contributed by atoms with E-state index in [0.717, 1.165) is 5.56 Å². The van der Waals surface area contributed by atoms with Crippen molar-refractivity contribution in [2.75, 3.05) is 7.11 Å². The van der Waals surface area contributed by atoms with Crippen LogP contribution in [0.2, 0.25) is 0 Å². The van der Waals surface area contributed by atoms with E-state index in [1.165, 1.54) is 11.8 Å². The summed E-state index contributed by atoms with van der Waals surface area (Å²) in [6, 6.07) is 3.11. The first-order valence-electron chi connectivity index (χ1n) is 8.53. The van der Waals surface area contributed by atoms with Gasteiger partial charge in [-0.3, -0.25) is 4.57 Å². The number of hydrogen-bond acceptors (Lipinski definition) is 5. The van der Waals surface area contributed by atoms with Crippen LogP contribution in [0.25, 0.3) is 0 Å². The fourth-order valence-corrected chi connectivity index (χ4v) is 4.97. The van der Waals surface area contributed by atoms with Gasteiger partial charge in [-0.2, -0.15) is 5.10 Å². The molecule has 2 heterocycles. The first kappa shape index (κ1) is 18.7. The molecule has 0 spiro atoms. The van der Waals surface area contributed by atoms with Gasteiger partial charge in [0, 0.05) is 32.1 Å². The molecule has 1 aromatic heterocycles. The lowest BCUT2D eigenvalue weighted by Gasteiger charge is -2.18. The predicted octanol–water partition coefficient (Wildman–Crippen LogP) is 0.891. The molecule has 26 heavy (non-hydrogen) atoms. The molecule has 1 atom stereocenters. The van der Waals surface area contributed by atoms with Crippen molar-refractivity contribution in [3.8, 4) is 5.75 Å². The molecule has 0 radical (unpaired) electrons. The van der Waals surface area contributed by atoms with Crippen LogP contribution in [0, 0.1) is 13.8 Å². The van der Waals surface area contributed by atoms with E-state index in [9.17, 15) is 13.2 Å². The minimum atomic E-state index is -3.69. The highest BCUT2D eigenvalue weighted by Crippen LogP contribution is 2.26. The van der Waals surface area contributed by atoms with E-state index in [4.69, 9.17) is 4.74 Å². The summed E-state index contributed by atoms with van der Waals surface area (Å²) in [7, 11) is -0.543. The molecule has 1 N–H and O–H groups in total. The fourth-order valence-electron chi connectivity index (χ4n) is 3.42. The van der Waals surface area contributed by atoms with Crippen LogP contribution in [0.5, 0.6) is 5.75 Å². The zero-order chi connectivity index (χ0) is 19.1. The van der Waals surface area contributed by atoms with E-state index in [2.05, 4.69) is 9.82 Å². The Bertz CT molecular complexity index is 991. The van der Waals surface area contributed by atoms with E-state index in [0.29, 0.717) is 42.9 Å². The van der Waals surface area contributed by atoms with Crippen LogP contribution in [0.3, 0.4) is 0 Å². The second-order valence-electron chi connectivity index (χ2n) is 6.71. The normalized spacial score (nSPS) is 17.6. The monoisotopic (exact) mass is 380 g/mol. The van der Waals surface area contributed by atoms with Gasteiger partial charge < -0.3 is 4.74 Å². The summed E-state index contributed by atoms with van der Waals surface area (Å²) in [5.74, 6) is 1.24. The lowest BCUT2D eigenvalue weighted by Crippen LogP contribution is -2.36. The van der Waals surface area contributed by atoms with Gasteiger partial charge in [-0.1, -0.05) is 6.07 Å². The predicted molar refractivity (Wildman–Crippen MR) is 97.0 cm³/mol. The number of ether oxygens (including phenoxy) is 1. The maximum atomic E-state index is 12.9. The average Bonchev–Trinajstić information content (AvgIpc) is 2.72. The van der Waals surface area contributed by atoms with Crippen LogP contribution in [-0.2, 0) is 30.0 Å². The highest BCUT2D eigenvalue weighted by Gasteiger charge is 2.26. The molecule has 3 rings (SSSR count). The van der Waals surface area contributed by atoms with E-state index in [1.807, 2.05) is 6.92 Å². The topological polar surface area (TPSA) is 95.2 Å². The Morgan fingerprint density at radius 2 is 1.96 bits per heavy atom. The molecule has 0 saturated heterocycles. The standard InChI is InChI=1S/C17H24N4O4S/c1-11-9-12(2)15(10-14(11)25-4)26(23,24)19-13-5-6-16-18-20(3)17(22)21(16)8-7-13/h9-10,13,19H,5-8H2,1-4H3. The van der Waals surface area contributed by atoms with Crippen LogP contribution in [-0.4, -0.2) is 35.9 Å². The average molecular weight is 380 g/mol. The van der Waals surface area contributed by atoms with Crippen LogP contribution >= 0.6 is 0 Å². The summed E-state index contributed by atoms with van der Waals surface area (Å²) in [6.45, 7) is 4.10. The first-order chi connectivity index (χ1) is 12.2. The molecule has 1 aliphatic heterocycles. The number of nitrogens with one attached hydrogen (secondary N) is 1. The highest BCUT2D eigenvalue weighted by atomic mass is 32.2. The molecular weight excluding hydrogens is 356 g/mol.